The fraction of sp³-hybridized carbons (Fsp3) is 0.421. The first kappa shape index (κ1) is 16.8. The third-order valence-corrected chi connectivity index (χ3v) is 4.85. The van der Waals surface area contributed by atoms with E-state index in [1.165, 1.54) is 6.07 Å². The Bertz CT molecular complexity index is 857. The van der Waals surface area contributed by atoms with Gasteiger partial charge in [-0.05, 0) is 38.2 Å². The van der Waals surface area contributed by atoms with Crippen molar-refractivity contribution in [2.75, 3.05) is 0 Å². The maximum Gasteiger partial charge on any atom is 0.287 e. The lowest BCUT2D eigenvalue weighted by Gasteiger charge is -2.17. The molecule has 7 heteroatoms. The summed E-state index contributed by atoms with van der Waals surface area (Å²) in [4.78, 5) is 29.4. The number of hydrogen-bond donors (Lipinski definition) is 2. The minimum absolute atomic E-state index is 0.0807. The number of fused-ring (bicyclic) bond motifs is 1. The van der Waals surface area contributed by atoms with E-state index in [1.807, 2.05) is 4.57 Å². The minimum Gasteiger partial charge on any atom is -0.348 e. The van der Waals surface area contributed by atoms with E-state index in [0.29, 0.717) is 17.8 Å². The molecule has 2 aromatic rings. The molecule has 0 radical (unpaired) electrons. The van der Waals surface area contributed by atoms with Gasteiger partial charge < -0.3 is 15.2 Å². The van der Waals surface area contributed by atoms with Gasteiger partial charge in [-0.15, -0.1) is 0 Å². The molecule has 1 fully saturated rings. The smallest absolute Gasteiger partial charge is 0.287 e. The second kappa shape index (κ2) is 6.90. The highest BCUT2D eigenvalue weighted by Crippen LogP contribution is 2.23. The van der Waals surface area contributed by atoms with Gasteiger partial charge in [0.25, 0.3) is 11.8 Å². The van der Waals surface area contributed by atoms with Crippen LogP contribution < -0.4 is 10.6 Å². The topological polar surface area (TPSA) is 76.0 Å². The van der Waals surface area contributed by atoms with Crippen LogP contribution in [0, 0.1) is 5.82 Å². The summed E-state index contributed by atoms with van der Waals surface area (Å²) >= 11 is 0. The summed E-state index contributed by atoms with van der Waals surface area (Å²) in [6, 6.07) is 6.56. The van der Waals surface area contributed by atoms with Gasteiger partial charge in [0.05, 0.1) is 5.69 Å². The van der Waals surface area contributed by atoms with Crippen LogP contribution in [0.2, 0.25) is 0 Å². The van der Waals surface area contributed by atoms with Crippen LogP contribution in [-0.2, 0) is 19.5 Å². The number of aromatic nitrogens is 2. The zero-order chi connectivity index (χ0) is 18.1. The molecule has 0 spiro atoms. The van der Waals surface area contributed by atoms with Crippen molar-refractivity contribution in [2.45, 2.75) is 51.2 Å². The number of nitrogens with one attached hydrogen (secondary N) is 2. The van der Waals surface area contributed by atoms with E-state index >= 15 is 0 Å². The number of halogens is 1. The van der Waals surface area contributed by atoms with Crippen LogP contribution in [0.25, 0.3) is 0 Å². The zero-order valence-electron chi connectivity index (χ0n) is 14.4. The van der Waals surface area contributed by atoms with Gasteiger partial charge in [0.2, 0.25) is 0 Å². The van der Waals surface area contributed by atoms with Crippen LogP contribution in [0.3, 0.4) is 0 Å². The number of amides is 2. The Morgan fingerprint density at radius 2 is 2.00 bits per heavy atom. The third-order valence-electron chi connectivity index (χ3n) is 4.85. The van der Waals surface area contributed by atoms with Crippen LogP contribution >= 0.6 is 0 Å². The number of rotatable bonds is 5. The van der Waals surface area contributed by atoms with Gasteiger partial charge >= 0.3 is 0 Å². The highest BCUT2D eigenvalue weighted by atomic mass is 19.1. The van der Waals surface area contributed by atoms with Crippen molar-refractivity contribution in [3.63, 3.8) is 0 Å². The Hall–Kier alpha value is -2.70. The molecular formula is C19H21FN4O2. The molecule has 1 aliphatic heterocycles. The molecule has 6 nitrogen and oxygen atoms in total. The largest absolute Gasteiger partial charge is 0.348 e. The molecule has 0 bridgehead atoms. The molecule has 0 atom stereocenters. The third kappa shape index (κ3) is 3.34. The van der Waals surface area contributed by atoms with Crippen molar-refractivity contribution in [1.29, 1.82) is 0 Å². The molecule has 0 unspecified atom stereocenters. The molecule has 2 heterocycles. The van der Waals surface area contributed by atoms with Gasteiger partial charge in [-0.3, -0.25) is 9.59 Å². The molecule has 1 aromatic heterocycles. The zero-order valence-corrected chi connectivity index (χ0v) is 14.4. The van der Waals surface area contributed by atoms with E-state index in [4.69, 9.17) is 0 Å². The van der Waals surface area contributed by atoms with Gasteiger partial charge in [0.1, 0.15) is 11.5 Å². The van der Waals surface area contributed by atoms with E-state index in [-0.39, 0.29) is 36.0 Å². The van der Waals surface area contributed by atoms with Crippen molar-refractivity contribution < 1.29 is 14.0 Å². The average Bonchev–Trinajstić information content (AvgIpc) is 3.37. The highest BCUT2D eigenvalue weighted by molar-refractivity contribution is 5.97. The second-order valence-corrected chi connectivity index (χ2v) is 6.86. The lowest BCUT2D eigenvalue weighted by atomic mass is 10.1. The van der Waals surface area contributed by atoms with Crippen molar-refractivity contribution in [1.82, 2.24) is 20.2 Å². The van der Waals surface area contributed by atoms with Crippen molar-refractivity contribution in [2.24, 2.45) is 0 Å². The Kier molecular flexibility index (Phi) is 4.44. The normalized spacial score (nSPS) is 16.0. The summed E-state index contributed by atoms with van der Waals surface area (Å²) < 4.78 is 15.6. The van der Waals surface area contributed by atoms with Crippen LogP contribution in [0.15, 0.2) is 24.3 Å². The molecule has 136 valence electrons. The van der Waals surface area contributed by atoms with Crippen molar-refractivity contribution in [3.8, 4) is 0 Å². The van der Waals surface area contributed by atoms with E-state index in [1.54, 1.807) is 18.2 Å². The maximum atomic E-state index is 13.7. The predicted molar refractivity (Wildman–Crippen MR) is 93.2 cm³/mol. The molecule has 1 saturated carbocycles. The fourth-order valence-corrected chi connectivity index (χ4v) is 3.28. The van der Waals surface area contributed by atoms with Crippen molar-refractivity contribution in [3.05, 3.63) is 52.9 Å². The van der Waals surface area contributed by atoms with Crippen LogP contribution in [0.1, 0.15) is 58.0 Å². The van der Waals surface area contributed by atoms with E-state index < -0.39 is 0 Å². The molecule has 2 aliphatic rings. The number of imidazole rings is 1. The minimum atomic E-state index is -0.387. The van der Waals surface area contributed by atoms with Gasteiger partial charge in [-0.2, -0.15) is 0 Å². The summed E-state index contributed by atoms with van der Waals surface area (Å²) in [5, 5.41) is 5.66. The van der Waals surface area contributed by atoms with E-state index in [2.05, 4.69) is 15.6 Å². The second-order valence-electron chi connectivity index (χ2n) is 6.86. The summed E-state index contributed by atoms with van der Waals surface area (Å²) in [5.41, 5.74) is 1.59. The molecular weight excluding hydrogens is 335 g/mol. The van der Waals surface area contributed by atoms with Crippen LogP contribution in [-0.4, -0.2) is 27.4 Å². The Morgan fingerprint density at radius 3 is 2.77 bits per heavy atom. The summed E-state index contributed by atoms with van der Waals surface area (Å²) in [6.07, 6.45) is 4.66. The molecule has 0 saturated heterocycles. The number of benzene rings is 1. The van der Waals surface area contributed by atoms with Gasteiger partial charge in [0, 0.05) is 24.7 Å². The summed E-state index contributed by atoms with van der Waals surface area (Å²) in [5.74, 6) is -0.715. The lowest BCUT2D eigenvalue weighted by molar-refractivity contribution is 0.0934. The number of carbonyl (C=O) groups is 2. The van der Waals surface area contributed by atoms with Crippen molar-refractivity contribution >= 4 is 11.8 Å². The Balaban J connectivity index is 1.55. The summed E-state index contributed by atoms with van der Waals surface area (Å²) in [6.45, 7) is 0.749. The quantitative estimate of drug-likeness (QED) is 0.862. The average molecular weight is 356 g/mol. The lowest BCUT2D eigenvalue weighted by Crippen LogP contribution is -2.28. The van der Waals surface area contributed by atoms with Gasteiger partial charge in [-0.25, -0.2) is 9.37 Å². The van der Waals surface area contributed by atoms with E-state index in [0.717, 1.165) is 37.8 Å². The molecule has 2 N–H and O–H groups in total. The van der Waals surface area contributed by atoms with E-state index in [9.17, 15) is 14.0 Å². The molecule has 1 aromatic carbocycles. The monoisotopic (exact) mass is 356 g/mol. The number of nitrogens with zero attached hydrogens (tertiary/aromatic N) is 2. The molecule has 1 aliphatic carbocycles. The summed E-state index contributed by atoms with van der Waals surface area (Å²) in [7, 11) is 0. The first-order valence-corrected chi connectivity index (χ1v) is 9.05. The van der Waals surface area contributed by atoms with Gasteiger partial charge in [0.15, 0.2) is 5.82 Å². The molecule has 26 heavy (non-hydrogen) atoms. The number of carbonyl (C=O) groups excluding carboxylic acids is 2. The first-order valence-electron chi connectivity index (χ1n) is 9.05. The Labute approximate surface area is 150 Å². The standard InChI is InChI=1S/C19H21FN4O2/c20-14-6-2-1-5-12(14)11-21-19(26)17-23-16(18(25)22-13-8-9-13)15-7-3-4-10-24(15)17/h1-2,5-6,13H,3-4,7-11H2,(H,21,26)(H,22,25). The van der Waals surface area contributed by atoms with Gasteiger partial charge in [-0.1, -0.05) is 18.2 Å². The SMILES string of the molecule is O=C(NC1CC1)c1nc(C(=O)NCc2ccccc2F)n2c1CCCC2. The Morgan fingerprint density at radius 1 is 1.19 bits per heavy atom. The first-order chi connectivity index (χ1) is 12.6. The molecule has 4 rings (SSSR count). The van der Waals surface area contributed by atoms with Crippen LogP contribution in [0.5, 0.6) is 0 Å². The maximum absolute atomic E-state index is 13.7. The molecule has 2 amide bonds. The van der Waals surface area contributed by atoms with Crippen LogP contribution in [0.4, 0.5) is 4.39 Å². The highest BCUT2D eigenvalue weighted by Gasteiger charge is 2.30. The fourth-order valence-electron chi connectivity index (χ4n) is 3.28. The predicted octanol–water partition coefficient (Wildman–Crippen LogP) is 2.18. The number of hydrogen-bond acceptors (Lipinski definition) is 3.